The van der Waals surface area contributed by atoms with Gasteiger partial charge in [0.25, 0.3) is 0 Å². The lowest BCUT2D eigenvalue weighted by molar-refractivity contribution is -0.142. The van der Waals surface area contributed by atoms with Gasteiger partial charge in [-0.2, -0.15) is 24.4 Å². The summed E-state index contributed by atoms with van der Waals surface area (Å²) in [5, 5.41) is 19.4. The molecule has 1 fully saturated rings. The summed E-state index contributed by atoms with van der Waals surface area (Å²) in [6.07, 6.45) is 3.45. The second-order valence-electron chi connectivity index (χ2n) is 11.1. The van der Waals surface area contributed by atoms with E-state index >= 15 is 0 Å². The Labute approximate surface area is 273 Å². The van der Waals surface area contributed by atoms with Crippen LogP contribution in [0, 0.1) is 5.92 Å². The van der Waals surface area contributed by atoms with Gasteiger partial charge in [0.05, 0.1) is 6.04 Å². The highest BCUT2D eigenvalue weighted by Gasteiger charge is 2.38. The Hall–Kier alpha value is -3.25. The van der Waals surface area contributed by atoms with Gasteiger partial charge in [0.1, 0.15) is 30.2 Å². The molecule has 1 saturated heterocycles. The molecular formula is C27H49N9O7S2. The normalized spacial score (nSPS) is 17.8. The number of thioether (sulfide) groups is 1. The maximum absolute atomic E-state index is 13.4. The number of carbonyl (C=O) groups excluding carboxylic acids is 5. The van der Waals surface area contributed by atoms with Crippen molar-refractivity contribution in [2.75, 3.05) is 30.9 Å². The Morgan fingerprint density at radius 3 is 2.11 bits per heavy atom. The Bertz CT molecular complexity index is 1080. The molecule has 16 nitrogen and oxygen atoms in total. The lowest BCUT2D eigenvalue weighted by atomic mass is 10.0. The number of carbonyl (C=O) groups is 6. The second-order valence-corrected chi connectivity index (χ2v) is 12.5. The number of nitrogens with zero attached hydrogens (tertiary/aromatic N) is 2. The highest BCUT2D eigenvalue weighted by molar-refractivity contribution is 7.98. The third-order valence-electron chi connectivity index (χ3n) is 7.21. The van der Waals surface area contributed by atoms with E-state index in [-0.39, 0.29) is 42.9 Å². The van der Waals surface area contributed by atoms with Crippen LogP contribution in [0.5, 0.6) is 0 Å². The van der Waals surface area contributed by atoms with E-state index in [0.29, 0.717) is 31.6 Å². The van der Waals surface area contributed by atoms with Gasteiger partial charge in [-0.25, -0.2) is 4.79 Å². The molecular weight excluding hydrogens is 626 g/mol. The van der Waals surface area contributed by atoms with Crippen LogP contribution < -0.4 is 38.5 Å². The zero-order chi connectivity index (χ0) is 34.3. The molecule has 1 aliphatic rings. The fourth-order valence-corrected chi connectivity index (χ4v) is 5.18. The summed E-state index contributed by atoms with van der Waals surface area (Å²) in [5.41, 5.74) is 16.8. The molecule has 0 saturated carbocycles. The topological polar surface area (TPSA) is 264 Å². The van der Waals surface area contributed by atoms with E-state index in [2.05, 4.69) is 38.9 Å². The molecule has 45 heavy (non-hydrogen) atoms. The third kappa shape index (κ3) is 13.3. The fraction of sp³-hybridized carbons (Fsp3) is 0.741. The van der Waals surface area contributed by atoms with E-state index in [4.69, 9.17) is 17.2 Å². The average molecular weight is 676 g/mol. The lowest BCUT2D eigenvalue weighted by Gasteiger charge is -2.29. The molecule has 1 rings (SSSR count). The highest BCUT2D eigenvalue weighted by atomic mass is 32.2. The fourth-order valence-electron chi connectivity index (χ4n) is 4.46. The molecule has 0 aromatic heterocycles. The Morgan fingerprint density at radius 2 is 1.56 bits per heavy atom. The monoisotopic (exact) mass is 675 g/mol. The van der Waals surface area contributed by atoms with Crippen LogP contribution in [-0.2, 0) is 28.8 Å². The highest BCUT2D eigenvalue weighted by Crippen LogP contribution is 2.20. The molecule has 0 aromatic rings. The van der Waals surface area contributed by atoms with Crippen molar-refractivity contribution in [2.24, 2.45) is 28.1 Å². The Morgan fingerprint density at radius 1 is 0.956 bits per heavy atom. The maximum Gasteiger partial charge on any atom is 0.327 e. The number of aliphatic carboxylic acids is 1. The molecule has 18 heteroatoms. The van der Waals surface area contributed by atoms with Crippen LogP contribution in [0.25, 0.3) is 0 Å². The number of likely N-dealkylation sites (tertiary alicyclic amines) is 1. The van der Waals surface area contributed by atoms with Crippen LogP contribution in [0.2, 0.25) is 0 Å². The number of aliphatic imine (C=N–C) groups is 1. The van der Waals surface area contributed by atoms with Gasteiger partial charge in [-0.15, -0.1) is 0 Å². The van der Waals surface area contributed by atoms with Crippen molar-refractivity contribution in [1.82, 2.24) is 26.2 Å². The molecule has 0 aliphatic carbocycles. The van der Waals surface area contributed by atoms with E-state index in [1.165, 1.54) is 23.6 Å². The number of hydrogen-bond donors (Lipinski definition) is 9. The lowest BCUT2D eigenvalue weighted by Crippen LogP contribution is -2.58. The minimum atomic E-state index is -1.27. The Balaban J connectivity index is 3.02. The molecule has 1 heterocycles. The van der Waals surface area contributed by atoms with Gasteiger partial charge >= 0.3 is 5.97 Å². The quantitative estimate of drug-likeness (QED) is 0.0305. The van der Waals surface area contributed by atoms with E-state index in [1.54, 1.807) is 0 Å². The number of rotatable bonds is 19. The Kier molecular flexibility index (Phi) is 17.7. The van der Waals surface area contributed by atoms with Crippen molar-refractivity contribution >= 4 is 65.9 Å². The summed E-state index contributed by atoms with van der Waals surface area (Å²) in [6, 6.07) is -6.12. The summed E-state index contributed by atoms with van der Waals surface area (Å²) in [7, 11) is 0. The summed E-state index contributed by atoms with van der Waals surface area (Å²) in [5.74, 6) is -4.11. The standard InChI is InChI=1S/C27H49N9O7S2/c1-14(2)20(28)25(41)36-11-6-8-19(36)24(40)34-16(7-5-10-31-27(29)30)22(38)32-15(3)21(37)33-17(9-12-45-4)23(39)35-18(13-44)26(42)43/h14-20,44H,5-13,28H2,1-4H3,(H,32,38)(H,33,37)(H,34,40)(H,35,39)(H,42,43)(H4,29,30,31)/t15-,16-,17-,18-,19-,20-/m0/s1. The van der Waals surface area contributed by atoms with E-state index in [0.717, 1.165) is 0 Å². The van der Waals surface area contributed by atoms with Crippen molar-refractivity contribution < 1.29 is 33.9 Å². The summed E-state index contributed by atoms with van der Waals surface area (Å²) in [4.78, 5) is 82.1. The number of nitrogens with two attached hydrogens (primary N) is 3. The predicted molar refractivity (Wildman–Crippen MR) is 175 cm³/mol. The van der Waals surface area contributed by atoms with Gasteiger partial charge in [-0.1, -0.05) is 13.8 Å². The first-order valence-electron chi connectivity index (χ1n) is 14.8. The first kappa shape index (κ1) is 39.8. The largest absolute Gasteiger partial charge is 0.480 e. The molecule has 5 amide bonds. The van der Waals surface area contributed by atoms with Gasteiger partial charge in [0.2, 0.25) is 29.5 Å². The van der Waals surface area contributed by atoms with Crippen molar-refractivity contribution in [2.45, 2.75) is 89.1 Å². The van der Waals surface area contributed by atoms with Crippen LogP contribution in [0.4, 0.5) is 0 Å². The number of nitrogens with one attached hydrogen (secondary N) is 4. The summed E-state index contributed by atoms with van der Waals surface area (Å²) in [6.45, 7) is 5.59. The van der Waals surface area contributed by atoms with Crippen molar-refractivity contribution in [3.05, 3.63) is 0 Å². The van der Waals surface area contributed by atoms with Gasteiger partial charge < -0.3 is 48.5 Å². The van der Waals surface area contributed by atoms with Gasteiger partial charge in [-0.3, -0.25) is 29.0 Å². The second kappa shape index (κ2) is 20.0. The molecule has 0 unspecified atom stereocenters. The number of carboxylic acids is 1. The summed E-state index contributed by atoms with van der Waals surface area (Å²) >= 11 is 5.37. The van der Waals surface area contributed by atoms with Crippen molar-refractivity contribution in [3.63, 3.8) is 0 Å². The predicted octanol–water partition coefficient (Wildman–Crippen LogP) is -2.26. The van der Waals surface area contributed by atoms with E-state index < -0.39 is 65.8 Å². The van der Waals surface area contributed by atoms with Gasteiger partial charge in [0.15, 0.2) is 5.96 Å². The number of amides is 5. The molecule has 0 spiro atoms. The zero-order valence-corrected chi connectivity index (χ0v) is 28.0. The number of carboxylic acid groups (broad SMARTS) is 1. The van der Waals surface area contributed by atoms with Crippen LogP contribution in [0.3, 0.4) is 0 Å². The molecule has 1 aliphatic heterocycles. The van der Waals surface area contributed by atoms with Gasteiger partial charge in [0, 0.05) is 18.8 Å². The van der Waals surface area contributed by atoms with Crippen molar-refractivity contribution in [1.29, 1.82) is 0 Å². The summed E-state index contributed by atoms with van der Waals surface area (Å²) < 4.78 is 0. The molecule has 6 atom stereocenters. The molecule has 256 valence electrons. The first-order chi connectivity index (χ1) is 21.1. The van der Waals surface area contributed by atoms with Crippen LogP contribution in [0.15, 0.2) is 4.99 Å². The van der Waals surface area contributed by atoms with E-state index in [9.17, 15) is 33.9 Å². The number of hydrogen-bond acceptors (Lipinski definition) is 10. The van der Waals surface area contributed by atoms with E-state index in [1.807, 2.05) is 20.1 Å². The maximum atomic E-state index is 13.4. The van der Waals surface area contributed by atoms with Crippen LogP contribution >= 0.6 is 24.4 Å². The van der Waals surface area contributed by atoms with Crippen LogP contribution in [0.1, 0.15) is 52.9 Å². The molecule has 0 bridgehead atoms. The van der Waals surface area contributed by atoms with Gasteiger partial charge in [-0.05, 0) is 57.0 Å². The van der Waals surface area contributed by atoms with Crippen LogP contribution in [-0.4, -0.2) is 119 Å². The number of thiol groups is 1. The third-order valence-corrected chi connectivity index (χ3v) is 8.22. The molecule has 0 radical (unpaired) electrons. The average Bonchev–Trinajstić information content (AvgIpc) is 3.48. The smallest absolute Gasteiger partial charge is 0.327 e. The SMILES string of the molecule is CSCC[C@H](NC(=O)[C@H](C)NC(=O)[C@H](CCCN=C(N)N)NC(=O)[C@@H]1CCCN1C(=O)[C@@H](N)C(C)C)C(=O)N[C@@H](CS)C(=O)O. The minimum absolute atomic E-state index is 0.119. The van der Waals surface area contributed by atoms with Crippen molar-refractivity contribution in [3.8, 4) is 0 Å². The first-order valence-corrected chi connectivity index (χ1v) is 16.8. The minimum Gasteiger partial charge on any atom is -0.480 e. The zero-order valence-electron chi connectivity index (χ0n) is 26.3. The number of guanidine groups is 1. The molecule has 0 aromatic carbocycles. The molecule has 11 N–H and O–H groups in total.